The van der Waals surface area contributed by atoms with Crippen molar-refractivity contribution in [3.63, 3.8) is 0 Å². The van der Waals surface area contributed by atoms with Gasteiger partial charge in [0.1, 0.15) is 11.6 Å². The predicted octanol–water partition coefficient (Wildman–Crippen LogP) is 1.96. The Morgan fingerprint density at radius 3 is 3.00 bits per heavy atom. The van der Waals surface area contributed by atoms with Crippen LogP contribution in [0.4, 0.5) is 0 Å². The molecule has 1 N–H and O–H groups in total. The van der Waals surface area contributed by atoms with Gasteiger partial charge in [-0.3, -0.25) is 0 Å². The first kappa shape index (κ1) is 12.6. The number of oxazole rings is 1. The lowest BCUT2D eigenvalue weighted by Crippen LogP contribution is -2.27. The van der Waals surface area contributed by atoms with Gasteiger partial charge in [0, 0.05) is 6.92 Å². The maximum absolute atomic E-state index is 11.8. The summed E-state index contributed by atoms with van der Waals surface area (Å²) in [7, 11) is 1.72. The molecular weight excluding hydrogens is 232 g/mol. The predicted molar refractivity (Wildman–Crippen MR) is 67.2 cm³/mol. The van der Waals surface area contributed by atoms with E-state index in [-0.39, 0.29) is 5.97 Å². The number of fused-ring (bicyclic) bond motifs is 1. The Morgan fingerprint density at radius 1 is 1.56 bits per heavy atom. The molecule has 1 heterocycles. The molecule has 0 saturated heterocycles. The van der Waals surface area contributed by atoms with Crippen molar-refractivity contribution in [3.05, 3.63) is 29.7 Å². The number of esters is 1. The smallest absolute Gasteiger partial charge is 0.327 e. The van der Waals surface area contributed by atoms with Crippen molar-refractivity contribution in [2.24, 2.45) is 0 Å². The summed E-state index contributed by atoms with van der Waals surface area (Å²) in [5.41, 5.74) is 2.27. The van der Waals surface area contributed by atoms with E-state index in [9.17, 15) is 4.79 Å². The molecule has 0 fully saturated rings. The van der Waals surface area contributed by atoms with E-state index in [0.29, 0.717) is 18.1 Å². The lowest BCUT2D eigenvalue weighted by molar-refractivity contribution is -0.145. The molecule has 2 rings (SSSR count). The standard InChI is InChI=1S/C13H16N2O3/c1-4-17-13(16)12(14-3)9-5-6-10-11(7-9)18-8(2)15-10/h5-7,12,14H,4H2,1-3H3. The summed E-state index contributed by atoms with van der Waals surface area (Å²) in [6.07, 6.45) is 0. The molecule has 0 aliphatic heterocycles. The number of aromatic nitrogens is 1. The summed E-state index contributed by atoms with van der Waals surface area (Å²) in [5, 5.41) is 2.94. The third-order valence-corrected chi connectivity index (χ3v) is 2.66. The third kappa shape index (κ3) is 2.36. The zero-order valence-corrected chi connectivity index (χ0v) is 10.7. The number of nitrogens with one attached hydrogen (secondary N) is 1. The largest absolute Gasteiger partial charge is 0.465 e. The first-order chi connectivity index (χ1) is 8.65. The molecule has 18 heavy (non-hydrogen) atoms. The highest BCUT2D eigenvalue weighted by Gasteiger charge is 2.20. The number of likely N-dealkylation sites (N-methyl/N-ethyl adjacent to an activating group) is 1. The van der Waals surface area contributed by atoms with Crippen LogP contribution in [0.1, 0.15) is 24.4 Å². The van der Waals surface area contributed by atoms with Gasteiger partial charge in [0.05, 0.1) is 6.61 Å². The van der Waals surface area contributed by atoms with Crippen LogP contribution < -0.4 is 5.32 Å². The zero-order valence-electron chi connectivity index (χ0n) is 10.7. The molecule has 96 valence electrons. The van der Waals surface area contributed by atoms with Crippen LogP contribution in [0.3, 0.4) is 0 Å². The second-order valence-electron chi connectivity index (χ2n) is 3.93. The highest BCUT2D eigenvalue weighted by molar-refractivity contribution is 5.80. The van der Waals surface area contributed by atoms with Gasteiger partial charge in [0.25, 0.3) is 0 Å². The summed E-state index contributed by atoms with van der Waals surface area (Å²) < 4.78 is 10.5. The maximum Gasteiger partial charge on any atom is 0.327 e. The monoisotopic (exact) mass is 248 g/mol. The number of aryl methyl sites for hydroxylation is 1. The average molecular weight is 248 g/mol. The molecule has 1 atom stereocenters. The third-order valence-electron chi connectivity index (χ3n) is 2.66. The lowest BCUT2D eigenvalue weighted by atomic mass is 10.1. The van der Waals surface area contributed by atoms with E-state index in [4.69, 9.17) is 9.15 Å². The fourth-order valence-corrected chi connectivity index (χ4v) is 1.88. The number of carbonyl (C=O) groups excluding carboxylic acids is 1. The van der Waals surface area contributed by atoms with Crippen LogP contribution in [0.15, 0.2) is 22.6 Å². The average Bonchev–Trinajstić information content (AvgIpc) is 2.69. The fraction of sp³-hybridized carbons (Fsp3) is 0.385. The summed E-state index contributed by atoms with van der Waals surface area (Å²) in [6, 6.07) is 5.01. The van der Waals surface area contributed by atoms with Gasteiger partial charge >= 0.3 is 5.97 Å². The summed E-state index contributed by atoms with van der Waals surface area (Å²) in [6.45, 7) is 3.94. The van der Waals surface area contributed by atoms with Crippen molar-refractivity contribution in [3.8, 4) is 0 Å². The number of hydrogen-bond donors (Lipinski definition) is 1. The van der Waals surface area contributed by atoms with Gasteiger partial charge in [-0.25, -0.2) is 9.78 Å². The van der Waals surface area contributed by atoms with E-state index in [0.717, 1.165) is 11.1 Å². The van der Waals surface area contributed by atoms with Crippen molar-refractivity contribution < 1.29 is 13.9 Å². The minimum absolute atomic E-state index is 0.296. The first-order valence-corrected chi connectivity index (χ1v) is 5.86. The summed E-state index contributed by atoms with van der Waals surface area (Å²) in [5.74, 6) is 0.315. The number of carbonyl (C=O) groups is 1. The molecular formula is C13H16N2O3. The van der Waals surface area contributed by atoms with Crippen LogP contribution in [-0.2, 0) is 9.53 Å². The molecule has 1 unspecified atom stereocenters. The van der Waals surface area contributed by atoms with Gasteiger partial charge in [-0.1, -0.05) is 6.07 Å². The topological polar surface area (TPSA) is 64.4 Å². The Morgan fingerprint density at radius 2 is 2.33 bits per heavy atom. The number of rotatable bonds is 4. The van der Waals surface area contributed by atoms with Crippen LogP contribution in [0.5, 0.6) is 0 Å². The normalized spacial score (nSPS) is 12.6. The molecule has 0 bridgehead atoms. The molecule has 0 amide bonds. The highest BCUT2D eigenvalue weighted by Crippen LogP contribution is 2.21. The van der Waals surface area contributed by atoms with Crippen molar-refractivity contribution in [2.75, 3.05) is 13.7 Å². The maximum atomic E-state index is 11.8. The highest BCUT2D eigenvalue weighted by atomic mass is 16.5. The molecule has 5 nitrogen and oxygen atoms in total. The van der Waals surface area contributed by atoms with Crippen LogP contribution in [0, 0.1) is 6.92 Å². The van der Waals surface area contributed by atoms with Gasteiger partial charge in [-0.05, 0) is 31.7 Å². The number of nitrogens with zero attached hydrogens (tertiary/aromatic N) is 1. The zero-order chi connectivity index (χ0) is 13.1. The molecule has 1 aromatic carbocycles. The van der Waals surface area contributed by atoms with E-state index in [2.05, 4.69) is 10.3 Å². The summed E-state index contributed by atoms with van der Waals surface area (Å²) in [4.78, 5) is 16.0. The van der Waals surface area contributed by atoms with E-state index in [1.165, 1.54) is 0 Å². The van der Waals surface area contributed by atoms with E-state index < -0.39 is 6.04 Å². The lowest BCUT2D eigenvalue weighted by Gasteiger charge is -2.14. The van der Waals surface area contributed by atoms with Gasteiger partial charge in [0.2, 0.25) is 0 Å². The Balaban J connectivity index is 2.35. The minimum Gasteiger partial charge on any atom is -0.465 e. The van der Waals surface area contributed by atoms with Crippen LogP contribution in [-0.4, -0.2) is 24.6 Å². The second-order valence-corrected chi connectivity index (χ2v) is 3.93. The second kappa shape index (κ2) is 5.18. The molecule has 0 radical (unpaired) electrons. The molecule has 0 spiro atoms. The SMILES string of the molecule is CCOC(=O)C(NC)c1ccc2nc(C)oc2c1. The molecule has 0 aliphatic rings. The number of benzene rings is 1. The van der Waals surface area contributed by atoms with Gasteiger partial charge in [-0.2, -0.15) is 0 Å². The fourth-order valence-electron chi connectivity index (χ4n) is 1.88. The Hall–Kier alpha value is -1.88. The quantitative estimate of drug-likeness (QED) is 0.838. The van der Waals surface area contributed by atoms with E-state index >= 15 is 0 Å². The van der Waals surface area contributed by atoms with Crippen LogP contribution >= 0.6 is 0 Å². The molecule has 5 heteroatoms. The van der Waals surface area contributed by atoms with Gasteiger partial charge < -0.3 is 14.5 Å². The van der Waals surface area contributed by atoms with Crippen LogP contribution in [0.25, 0.3) is 11.1 Å². The molecule has 1 aromatic heterocycles. The molecule has 0 saturated carbocycles. The van der Waals surface area contributed by atoms with E-state index in [1.54, 1.807) is 20.9 Å². The van der Waals surface area contributed by atoms with Gasteiger partial charge in [0.15, 0.2) is 11.5 Å². The van der Waals surface area contributed by atoms with Crippen molar-refractivity contribution >= 4 is 17.1 Å². The molecule has 0 aliphatic carbocycles. The Labute approximate surface area is 105 Å². The Bertz CT molecular complexity index is 562. The first-order valence-electron chi connectivity index (χ1n) is 5.86. The minimum atomic E-state index is -0.486. The van der Waals surface area contributed by atoms with Crippen molar-refractivity contribution in [1.82, 2.24) is 10.3 Å². The van der Waals surface area contributed by atoms with E-state index in [1.807, 2.05) is 18.2 Å². The summed E-state index contributed by atoms with van der Waals surface area (Å²) >= 11 is 0. The number of ether oxygens (including phenoxy) is 1. The Kier molecular flexibility index (Phi) is 3.62. The molecule has 2 aromatic rings. The van der Waals surface area contributed by atoms with Crippen molar-refractivity contribution in [1.29, 1.82) is 0 Å². The number of hydrogen-bond acceptors (Lipinski definition) is 5. The van der Waals surface area contributed by atoms with Gasteiger partial charge in [-0.15, -0.1) is 0 Å². The van der Waals surface area contributed by atoms with Crippen LogP contribution in [0.2, 0.25) is 0 Å². The van der Waals surface area contributed by atoms with Crippen molar-refractivity contribution in [2.45, 2.75) is 19.9 Å².